The number of carbonyl (C=O) groups excluding carboxylic acids is 4. The van der Waals surface area contributed by atoms with E-state index in [9.17, 15) is 98.6 Å². The fourth-order valence-electron chi connectivity index (χ4n) is 3.80. The van der Waals surface area contributed by atoms with E-state index in [1.54, 1.807) is 5.32 Å². The standard InChI is InChI=1S/C11H9F3N2O6.C10H7F3N2O6.C8H4F3NO5.C3H7NO2/c1-21-9(17)5-15-10(18)7-4-6(22-11(12,13)14)2-3-8(7)16(19)20;11-10(12,13)21-5-1-2-7(15(19)20)6(3-5)9(18)14-4-8(16)17;9-8(10,11)17-4-1-2-6(12(15)16)5(3-4)7(13)14;1-6-3(5)2-4/h2-4H,5H2,1H3,(H,15,18);1-3H,4H2,(H,14,18)(H,16,17);1-3H,(H,13,14);2,4H2,1H3. The SMILES string of the molecule is COC(=O)CN.COC(=O)CNC(=O)c1cc(OC(F)(F)F)ccc1[N+](=O)[O-].O=C(O)CNC(=O)c1cc(OC(F)(F)F)ccc1[N+](=O)[O-].O=C(O)c1cc(OC(F)(F)F)ccc1[N+](=O)[O-]. The van der Waals surface area contributed by atoms with Crippen molar-refractivity contribution < 1.29 is 117 Å². The van der Waals surface area contributed by atoms with Crippen molar-refractivity contribution in [3.8, 4) is 17.2 Å². The molecule has 0 radical (unpaired) electrons. The van der Waals surface area contributed by atoms with Gasteiger partial charge in [0.15, 0.2) is 0 Å². The Hall–Kier alpha value is -8.59. The number of benzene rings is 3. The van der Waals surface area contributed by atoms with Crippen molar-refractivity contribution in [3.05, 3.63) is 102 Å². The van der Waals surface area contributed by atoms with E-state index < -0.39 is 128 Å². The van der Waals surface area contributed by atoms with Crippen LogP contribution in [0.3, 0.4) is 0 Å². The van der Waals surface area contributed by atoms with E-state index in [1.807, 2.05) is 5.32 Å². The monoisotopic (exact) mass is 970 g/mol. The molecule has 362 valence electrons. The smallest absolute Gasteiger partial charge is 0.480 e. The van der Waals surface area contributed by atoms with Crippen LogP contribution in [-0.4, -0.2) is 114 Å². The van der Waals surface area contributed by atoms with Gasteiger partial charge in [-0.25, -0.2) is 4.79 Å². The number of nitro groups is 3. The molecule has 0 fully saturated rings. The Bertz CT molecular complexity index is 2270. The summed E-state index contributed by atoms with van der Waals surface area (Å²) < 4.78 is 127. The Labute approximate surface area is 358 Å². The predicted octanol–water partition coefficient (Wildman–Crippen LogP) is 4.01. The zero-order chi connectivity index (χ0) is 51.3. The van der Waals surface area contributed by atoms with Gasteiger partial charge >= 0.3 is 43.0 Å². The van der Waals surface area contributed by atoms with Gasteiger partial charge in [-0.15, -0.1) is 39.5 Å². The highest BCUT2D eigenvalue weighted by atomic mass is 19.4. The minimum Gasteiger partial charge on any atom is -0.480 e. The summed E-state index contributed by atoms with van der Waals surface area (Å²) in [6.45, 7) is -1.48. The van der Waals surface area contributed by atoms with Crippen LogP contribution in [0.25, 0.3) is 0 Å². The molecule has 0 aliphatic carbocycles. The number of hydrogen-bond donors (Lipinski definition) is 5. The third-order valence-corrected chi connectivity index (χ3v) is 6.33. The third-order valence-electron chi connectivity index (χ3n) is 6.33. The number of carboxylic acids is 2. The molecule has 0 saturated heterocycles. The molecule has 0 spiro atoms. The topological polar surface area (TPSA) is 369 Å². The van der Waals surface area contributed by atoms with Crippen molar-refractivity contribution in [2.24, 2.45) is 5.73 Å². The van der Waals surface area contributed by atoms with Gasteiger partial charge in [-0.2, -0.15) is 0 Å². The third kappa shape index (κ3) is 22.5. The highest BCUT2D eigenvalue weighted by Gasteiger charge is 2.34. The van der Waals surface area contributed by atoms with E-state index in [2.05, 4.69) is 23.7 Å². The van der Waals surface area contributed by atoms with Crippen molar-refractivity contribution in [1.29, 1.82) is 0 Å². The van der Waals surface area contributed by atoms with Crippen molar-refractivity contribution >= 4 is 52.8 Å². The van der Waals surface area contributed by atoms with E-state index in [0.29, 0.717) is 54.6 Å². The normalized spacial score (nSPS) is 10.5. The molecule has 0 aromatic heterocycles. The van der Waals surface area contributed by atoms with Gasteiger partial charge in [0.25, 0.3) is 28.9 Å². The quantitative estimate of drug-likeness (QED) is 0.0659. The van der Waals surface area contributed by atoms with Gasteiger partial charge in [0.1, 0.15) is 47.0 Å². The number of nitrogens with zero attached hydrogens (tertiary/aromatic N) is 3. The number of hydrogen-bond acceptors (Lipinski definition) is 18. The summed E-state index contributed by atoms with van der Waals surface area (Å²) in [7, 11) is 2.35. The first-order valence-electron chi connectivity index (χ1n) is 16.2. The lowest BCUT2D eigenvalue weighted by molar-refractivity contribution is -0.385. The zero-order valence-electron chi connectivity index (χ0n) is 32.5. The number of esters is 2. The molecule has 0 aliphatic heterocycles. The van der Waals surface area contributed by atoms with Gasteiger partial charge < -0.3 is 50.3 Å². The number of amides is 2. The average Bonchev–Trinajstić information content (AvgIpc) is 3.19. The number of methoxy groups -OCH3 is 2. The second-order valence-corrected chi connectivity index (χ2v) is 10.9. The van der Waals surface area contributed by atoms with Crippen LogP contribution in [0.1, 0.15) is 31.1 Å². The number of halogens is 9. The molecule has 0 heterocycles. The van der Waals surface area contributed by atoms with Crippen LogP contribution in [0.5, 0.6) is 17.2 Å². The van der Waals surface area contributed by atoms with Gasteiger partial charge in [-0.05, 0) is 18.2 Å². The highest BCUT2D eigenvalue weighted by molar-refractivity contribution is 6.00. The largest absolute Gasteiger partial charge is 0.573 e. The van der Waals surface area contributed by atoms with E-state index in [1.165, 1.54) is 7.11 Å². The number of rotatable bonds is 14. The Morgan fingerprint density at radius 3 is 1.11 bits per heavy atom. The average molecular weight is 971 g/mol. The number of carbonyl (C=O) groups is 6. The van der Waals surface area contributed by atoms with E-state index in [0.717, 1.165) is 7.11 Å². The van der Waals surface area contributed by atoms with Gasteiger partial charge in [0, 0.05) is 36.4 Å². The lowest BCUT2D eigenvalue weighted by Gasteiger charge is -2.10. The number of nitrogens with two attached hydrogens (primary N) is 1. The van der Waals surface area contributed by atoms with Crippen LogP contribution < -0.4 is 30.6 Å². The summed E-state index contributed by atoms with van der Waals surface area (Å²) in [4.78, 5) is 93.9. The number of ether oxygens (including phenoxy) is 5. The fourth-order valence-corrected chi connectivity index (χ4v) is 3.80. The lowest BCUT2D eigenvalue weighted by atomic mass is 10.1. The summed E-state index contributed by atoms with van der Waals surface area (Å²) in [5.41, 5.74) is 0.161. The lowest BCUT2D eigenvalue weighted by Crippen LogP contribution is -2.30. The van der Waals surface area contributed by atoms with Crippen molar-refractivity contribution in [2.45, 2.75) is 19.1 Å². The van der Waals surface area contributed by atoms with Crippen molar-refractivity contribution in [2.75, 3.05) is 33.9 Å². The number of aromatic carboxylic acids is 1. The summed E-state index contributed by atoms with van der Waals surface area (Å²) in [5.74, 6) is -9.16. The Morgan fingerprint density at radius 2 is 0.864 bits per heavy atom. The van der Waals surface area contributed by atoms with Gasteiger partial charge in [-0.1, -0.05) is 0 Å². The predicted molar refractivity (Wildman–Crippen MR) is 192 cm³/mol. The Balaban J connectivity index is 0.000000908. The molecule has 3 rings (SSSR count). The van der Waals surface area contributed by atoms with Crippen LogP contribution >= 0.6 is 0 Å². The first-order chi connectivity index (χ1) is 30.2. The molecule has 3 aromatic rings. The molecule has 0 bridgehead atoms. The van der Waals surface area contributed by atoms with E-state index in [-0.39, 0.29) is 12.5 Å². The fraction of sp³-hybridized carbons (Fsp3) is 0.250. The molecule has 0 aliphatic rings. The number of carboxylic acid groups (broad SMARTS) is 2. The molecule has 2 amide bonds. The number of nitrogens with one attached hydrogen (secondary N) is 2. The Morgan fingerprint density at radius 1 is 0.561 bits per heavy atom. The molecule has 0 saturated carbocycles. The van der Waals surface area contributed by atoms with Gasteiger partial charge in [0.2, 0.25) is 0 Å². The first kappa shape index (κ1) is 57.4. The first-order valence-corrected chi connectivity index (χ1v) is 16.2. The maximum atomic E-state index is 12.1. The summed E-state index contributed by atoms with van der Waals surface area (Å²) >= 11 is 0. The second kappa shape index (κ2) is 25.5. The molecule has 25 nitrogen and oxygen atoms in total. The van der Waals surface area contributed by atoms with Crippen LogP contribution in [0.4, 0.5) is 56.6 Å². The molecule has 0 atom stereocenters. The van der Waals surface area contributed by atoms with Crippen LogP contribution in [0.15, 0.2) is 54.6 Å². The zero-order valence-corrected chi connectivity index (χ0v) is 32.5. The maximum absolute atomic E-state index is 12.1. The van der Waals surface area contributed by atoms with Gasteiger partial charge in [-0.3, -0.25) is 54.3 Å². The molecule has 3 aromatic carbocycles. The van der Waals surface area contributed by atoms with E-state index >= 15 is 0 Å². The number of nitro benzene ring substituents is 3. The number of alkyl halides is 9. The number of aliphatic carboxylic acids is 1. The van der Waals surface area contributed by atoms with Crippen LogP contribution in [0, 0.1) is 30.3 Å². The van der Waals surface area contributed by atoms with Crippen LogP contribution in [-0.2, 0) is 23.9 Å². The second-order valence-electron chi connectivity index (χ2n) is 10.9. The van der Waals surface area contributed by atoms with Gasteiger partial charge in [0.05, 0.1) is 35.5 Å². The highest BCUT2D eigenvalue weighted by Crippen LogP contribution is 2.31. The molecular weight excluding hydrogens is 943 g/mol. The summed E-state index contributed by atoms with van der Waals surface area (Å²) in [5, 5.41) is 52.7. The summed E-state index contributed by atoms with van der Waals surface area (Å²) in [6.07, 6.45) is -15.0. The van der Waals surface area contributed by atoms with Crippen molar-refractivity contribution in [3.63, 3.8) is 0 Å². The molecular formula is C32H27F9N6O19. The summed E-state index contributed by atoms with van der Waals surface area (Å²) in [6, 6.07) is 5.49. The molecule has 6 N–H and O–H groups in total. The molecule has 0 unspecified atom stereocenters. The molecule has 66 heavy (non-hydrogen) atoms. The minimum atomic E-state index is -5.04. The van der Waals surface area contributed by atoms with Crippen LogP contribution in [0.2, 0.25) is 0 Å². The van der Waals surface area contributed by atoms with Crippen molar-refractivity contribution in [1.82, 2.24) is 10.6 Å². The maximum Gasteiger partial charge on any atom is 0.573 e. The Kier molecular flexibility index (Phi) is 22.2. The minimum absolute atomic E-state index is 0.0312. The molecule has 34 heteroatoms. The van der Waals surface area contributed by atoms with E-state index in [4.69, 9.17) is 15.9 Å².